The van der Waals surface area contributed by atoms with Crippen molar-refractivity contribution in [3.8, 4) is 0 Å². The molecule has 0 fully saturated rings. The van der Waals surface area contributed by atoms with E-state index < -0.39 is 16.6 Å². The van der Waals surface area contributed by atoms with Crippen molar-refractivity contribution in [3.05, 3.63) is 0 Å². The van der Waals surface area contributed by atoms with Gasteiger partial charge in [0.2, 0.25) is 0 Å². The van der Waals surface area contributed by atoms with Gasteiger partial charge in [0, 0.05) is 12.7 Å². The van der Waals surface area contributed by atoms with Crippen LogP contribution in [0.3, 0.4) is 0 Å². The fourth-order valence-corrected chi connectivity index (χ4v) is 11.7. The first-order chi connectivity index (χ1) is 9.43. The Balaban J connectivity index is 4.77. The van der Waals surface area contributed by atoms with Gasteiger partial charge in [0.15, 0.2) is 16.6 Å². The summed E-state index contributed by atoms with van der Waals surface area (Å²) in [5.74, 6) is 0. The van der Waals surface area contributed by atoms with Gasteiger partial charge in [-0.05, 0) is 56.5 Å². The topological polar surface area (TPSA) is 18.5 Å². The van der Waals surface area contributed by atoms with E-state index in [9.17, 15) is 0 Å². The summed E-state index contributed by atoms with van der Waals surface area (Å²) in [6, 6.07) is 7.60. The van der Waals surface area contributed by atoms with Gasteiger partial charge in [-0.2, -0.15) is 0 Å². The van der Waals surface area contributed by atoms with Gasteiger partial charge in [-0.3, -0.25) is 0 Å². The van der Waals surface area contributed by atoms with E-state index in [-0.39, 0.29) is 0 Å². The maximum absolute atomic E-state index is 6.43. The summed E-state index contributed by atoms with van der Waals surface area (Å²) >= 11 is 0. The molecule has 0 aliphatic rings. The summed E-state index contributed by atoms with van der Waals surface area (Å²) in [5, 5.41) is 0. The van der Waals surface area contributed by atoms with Crippen LogP contribution in [0.25, 0.3) is 0 Å². The first kappa shape index (κ1) is 20.4. The predicted molar refractivity (Wildman–Crippen MR) is 95.5 cm³/mol. The molecule has 4 heteroatoms. The Morgan fingerprint density at radius 1 is 0.750 bits per heavy atom. The monoisotopic (exact) mass is 318 g/mol. The fourth-order valence-electron chi connectivity index (χ4n) is 2.98. The van der Waals surface area contributed by atoms with E-state index >= 15 is 0 Å². The van der Waals surface area contributed by atoms with Gasteiger partial charge >= 0.3 is 0 Å². The molecule has 0 aromatic heterocycles. The lowest BCUT2D eigenvalue weighted by atomic mass is 10.5. The summed E-state index contributed by atoms with van der Waals surface area (Å²) in [4.78, 5) is 0. The van der Waals surface area contributed by atoms with E-state index in [0.29, 0.717) is 6.10 Å². The van der Waals surface area contributed by atoms with Crippen molar-refractivity contribution in [2.75, 3.05) is 6.61 Å². The van der Waals surface area contributed by atoms with Crippen molar-refractivity contribution in [2.24, 2.45) is 0 Å². The van der Waals surface area contributed by atoms with E-state index in [2.05, 4.69) is 48.5 Å². The summed E-state index contributed by atoms with van der Waals surface area (Å²) in [6.45, 7) is 16.8. The van der Waals surface area contributed by atoms with E-state index in [4.69, 9.17) is 8.85 Å². The third kappa shape index (κ3) is 6.41. The van der Waals surface area contributed by atoms with Gasteiger partial charge in [0.05, 0.1) is 0 Å². The fraction of sp³-hybridized carbons (Fsp3) is 1.00. The molecular formula is C16H38O2Si2. The van der Waals surface area contributed by atoms with Crippen molar-refractivity contribution in [3.63, 3.8) is 0 Å². The molecule has 0 bridgehead atoms. The van der Waals surface area contributed by atoms with Crippen molar-refractivity contribution >= 4 is 16.6 Å². The molecule has 0 aliphatic carbocycles. The van der Waals surface area contributed by atoms with E-state index in [1.165, 1.54) is 36.3 Å². The Morgan fingerprint density at radius 3 is 1.55 bits per heavy atom. The van der Waals surface area contributed by atoms with Crippen molar-refractivity contribution < 1.29 is 8.85 Å². The van der Waals surface area contributed by atoms with Crippen LogP contribution in [0.5, 0.6) is 0 Å². The first-order valence-corrected chi connectivity index (χ1v) is 13.8. The number of hydrogen-bond donors (Lipinski definition) is 0. The molecule has 0 aromatic rings. The Labute approximate surface area is 129 Å². The van der Waals surface area contributed by atoms with Gasteiger partial charge in [0.25, 0.3) is 0 Å². The molecular weight excluding hydrogens is 280 g/mol. The Kier molecular flexibility index (Phi) is 10.3. The SMILES string of the molecule is CCCO[Si](CC)(CC)CC[Si](CC)(CC)OC(C)C. The average molecular weight is 319 g/mol. The van der Waals surface area contributed by atoms with Crippen LogP contribution in [0.4, 0.5) is 0 Å². The van der Waals surface area contributed by atoms with Gasteiger partial charge < -0.3 is 8.85 Å². The molecule has 0 saturated carbocycles. The molecule has 0 rings (SSSR count). The Hall–Kier alpha value is 0.354. The lowest BCUT2D eigenvalue weighted by Crippen LogP contribution is -2.44. The van der Waals surface area contributed by atoms with Crippen molar-refractivity contribution in [1.29, 1.82) is 0 Å². The minimum Gasteiger partial charge on any atom is -0.417 e. The van der Waals surface area contributed by atoms with Gasteiger partial charge in [-0.15, -0.1) is 0 Å². The lowest BCUT2D eigenvalue weighted by Gasteiger charge is -2.36. The molecule has 0 unspecified atom stereocenters. The second-order valence-corrected chi connectivity index (χ2v) is 15.4. The largest absolute Gasteiger partial charge is 0.417 e. The highest BCUT2D eigenvalue weighted by molar-refractivity contribution is 6.79. The molecule has 0 spiro atoms. The van der Waals surface area contributed by atoms with Crippen LogP contribution in [0, 0.1) is 0 Å². The molecule has 0 heterocycles. The Bertz CT molecular complexity index is 237. The van der Waals surface area contributed by atoms with Crippen LogP contribution in [-0.2, 0) is 8.85 Å². The van der Waals surface area contributed by atoms with Crippen LogP contribution >= 0.6 is 0 Å². The van der Waals surface area contributed by atoms with Crippen molar-refractivity contribution in [2.45, 2.75) is 97.3 Å². The highest BCUT2D eigenvalue weighted by atomic mass is 28.4. The molecule has 2 nitrogen and oxygen atoms in total. The third-order valence-corrected chi connectivity index (χ3v) is 14.5. The molecule has 122 valence electrons. The summed E-state index contributed by atoms with van der Waals surface area (Å²) in [6.07, 6.45) is 1.51. The molecule has 0 aromatic carbocycles. The van der Waals surface area contributed by atoms with E-state index in [1.54, 1.807) is 0 Å². The average Bonchev–Trinajstić information content (AvgIpc) is 2.46. The van der Waals surface area contributed by atoms with Crippen LogP contribution in [0.2, 0.25) is 36.3 Å². The number of rotatable bonds is 12. The second-order valence-electron chi connectivity index (χ2n) is 6.30. The first-order valence-electron chi connectivity index (χ1n) is 8.74. The van der Waals surface area contributed by atoms with Crippen LogP contribution in [-0.4, -0.2) is 29.3 Å². The van der Waals surface area contributed by atoms with Gasteiger partial charge in [-0.25, -0.2) is 0 Å². The minimum absolute atomic E-state index is 0.373. The highest BCUT2D eigenvalue weighted by Gasteiger charge is 2.38. The summed E-state index contributed by atoms with van der Waals surface area (Å²) < 4.78 is 12.8. The second kappa shape index (κ2) is 10.1. The Morgan fingerprint density at radius 2 is 1.20 bits per heavy atom. The van der Waals surface area contributed by atoms with Crippen molar-refractivity contribution in [1.82, 2.24) is 0 Å². The summed E-state index contributed by atoms with van der Waals surface area (Å²) in [7, 11) is -3.04. The molecule has 0 radical (unpaired) electrons. The van der Waals surface area contributed by atoms with Gasteiger partial charge in [0.1, 0.15) is 0 Å². The minimum atomic E-state index is -1.53. The quantitative estimate of drug-likeness (QED) is 0.423. The van der Waals surface area contributed by atoms with Gasteiger partial charge in [-0.1, -0.05) is 34.6 Å². The van der Waals surface area contributed by atoms with E-state index in [1.807, 2.05) is 0 Å². The number of hydrogen-bond acceptors (Lipinski definition) is 2. The highest BCUT2D eigenvalue weighted by Crippen LogP contribution is 2.32. The molecule has 0 N–H and O–H groups in total. The maximum atomic E-state index is 6.43. The zero-order valence-corrected chi connectivity index (χ0v) is 17.1. The molecule has 20 heavy (non-hydrogen) atoms. The van der Waals surface area contributed by atoms with Crippen LogP contribution in [0.15, 0.2) is 0 Å². The normalized spacial score (nSPS) is 13.2. The standard InChI is InChI=1S/C16H38O2Si2/c1-8-13-17-19(9-2,10-3)14-15-20(11-4,12-5)18-16(6)7/h16H,8-15H2,1-7H3. The molecule has 0 aliphatic heterocycles. The predicted octanol–water partition coefficient (Wildman–Crippen LogP) is 5.81. The zero-order chi connectivity index (χ0) is 15.6. The van der Waals surface area contributed by atoms with E-state index in [0.717, 1.165) is 13.0 Å². The molecule has 0 saturated heterocycles. The summed E-state index contributed by atoms with van der Waals surface area (Å²) in [5.41, 5.74) is 0. The smallest absolute Gasteiger partial charge is 0.192 e. The molecule has 0 atom stereocenters. The lowest BCUT2D eigenvalue weighted by molar-refractivity contribution is 0.224. The van der Waals surface area contributed by atoms with Crippen LogP contribution in [0.1, 0.15) is 54.9 Å². The third-order valence-electron chi connectivity index (χ3n) is 4.71. The van der Waals surface area contributed by atoms with Crippen LogP contribution < -0.4 is 0 Å². The maximum Gasteiger partial charge on any atom is 0.192 e. The molecule has 0 amide bonds. The zero-order valence-electron chi connectivity index (χ0n) is 15.1.